The molecule has 0 aliphatic heterocycles. The Balaban J connectivity index is 2.54. The number of hydroxylamine groups is 2. The van der Waals surface area contributed by atoms with Crippen LogP contribution in [0.3, 0.4) is 0 Å². The number of rotatable bonds is 10. The van der Waals surface area contributed by atoms with Crippen molar-refractivity contribution < 1.29 is 19.8 Å². The van der Waals surface area contributed by atoms with Crippen LogP contribution >= 0.6 is 0 Å². The van der Waals surface area contributed by atoms with Crippen LogP contribution in [0.25, 0.3) is 0 Å². The first kappa shape index (κ1) is 25.3. The van der Waals surface area contributed by atoms with Crippen molar-refractivity contribution in [1.29, 1.82) is 0 Å². The van der Waals surface area contributed by atoms with E-state index in [1.54, 1.807) is 0 Å². The molecule has 0 spiro atoms. The van der Waals surface area contributed by atoms with E-state index >= 15 is 0 Å². The van der Waals surface area contributed by atoms with E-state index in [4.69, 9.17) is 4.74 Å². The van der Waals surface area contributed by atoms with Crippen LogP contribution in [-0.4, -0.2) is 47.5 Å². The highest BCUT2D eigenvalue weighted by Crippen LogP contribution is 2.43. The van der Waals surface area contributed by atoms with E-state index in [0.717, 1.165) is 10.6 Å². The summed E-state index contributed by atoms with van der Waals surface area (Å²) in [5.41, 5.74) is 2.84. The van der Waals surface area contributed by atoms with E-state index in [1.807, 2.05) is 48.8 Å². The first-order chi connectivity index (χ1) is 14.6. The van der Waals surface area contributed by atoms with Crippen LogP contribution in [-0.2, 0) is 9.53 Å². The van der Waals surface area contributed by atoms with Crippen molar-refractivity contribution in [2.75, 3.05) is 13.7 Å². The third-order valence-electron chi connectivity index (χ3n) is 6.62. The molecule has 0 saturated carbocycles. The van der Waals surface area contributed by atoms with Crippen molar-refractivity contribution in [2.24, 2.45) is 0 Å². The Morgan fingerprint density at radius 3 is 2.00 bits per heavy atom. The van der Waals surface area contributed by atoms with Gasteiger partial charge in [-0.25, -0.2) is 4.79 Å². The molecule has 1 aromatic carbocycles. The Bertz CT molecular complexity index is 813. The van der Waals surface area contributed by atoms with Crippen molar-refractivity contribution in [2.45, 2.75) is 70.2 Å². The molecule has 31 heavy (non-hydrogen) atoms. The predicted octanol–water partition coefficient (Wildman–Crippen LogP) is 5.15. The molecule has 1 heterocycles. The van der Waals surface area contributed by atoms with Crippen LogP contribution in [0.15, 0.2) is 48.8 Å². The van der Waals surface area contributed by atoms with Crippen molar-refractivity contribution in [1.82, 2.24) is 9.30 Å². The van der Waals surface area contributed by atoms with Crippen LogP contribution in [0.5, 0.6) is 0 Å². The van der Waals surface area contributed by atoms with E-state index < -0.39 is 26.3 Å². The molecule has 0 bridgehead atoms. The number of esters is 1. The fourth-order valence-electron chi connectivity index (χ4n) is 5.42. The molecule has 1 aromatic heterocycles. The van der Waals surface area contributed by atoms with Gasteiger partial charge in [-0.2, -0.15) is 5.06 Å². The Morgan fingerprint density at radius 1 is 1.00 bits per heavy atom. The summed E-state index contributed by atoms with van der Waals surface area (Å²) in [5, 5.41) is 22.0. The fraction of sp³-hybridized carbons (Fsp3) is 0.542. The number of hydrogen-bond acceptors (Lipinski definition) is 5. The van der Waals surface area contributed by atoms with Crippen molar-refractivity contribution in [3.63, 3.8) is 0 Å². The molecule has 0 amide bonds. The lowest BCUT2D eigenvalue weighted by atomic mass is 10.0. The molecule has 0 aliphatic rings. The molecule has 2 atom stereocenters. The van der Waals surface area contributed by atoms with Crippen LogP contribution in [0.2, 0.25) is 16.6 Å². The van der Waals surface area contributed by atoms with Gasteiger partial charge in [-0.05, 0) is 40.0 Å². The highest BCUT2D eigenvalue weighted by Gasteiger charge is 2.45. The third-order valence-corrected chi connectivity index (χ3v) is 13.3. The zero-order chi connectivity index (χ0) is 23.3. The quantitative estimate of drug-likeness (QED) is 0.300. The summed E-state index contributed by atoms with van der Waals surface area (Å²) in [6, 6.07) is 9.27. The number of hydrogen-bond donors (Lipinski definition) is 2. The number of aliphatic hydroxyl groups is 1. The smallest absolute Gasteiger partial charge is 0.330 e. The number of nitrogens with zero attached hydrogens (tertiary/aromatic N) is 2. The summed E-state index contributed by atoms with van der Waals surface area (Å²) < 4.78 is 7.36. The van der Waals surface area contributed by atoms with Crippen LogP contribution in [0.1, 0.15) is 64.8 Å². The minimum absolute atomic E-state index is 0.336. The number of aliphatic hydroxyl groups excluding tert-OH is 1. The van der Waals surface area contributed by atoms with Gasteiger partial charge in [0.2, 0.25) is 0 Å². The predicted molar refractivity (Wildman–Crippen MR) is 126 cm³/mol. The van der Waals surface area contributed by atoms with Gasteiger partial charge in [0.15, 0.2) is 14.3 Å². The Kier molecular flexibility index (Phi) is 8.65. The average molecular weight is 447 g/mol. The maximum Gasteiger partial charge on any atom is 0.330 e. The molecule has 0 aliphatic carbocycles. The molecule has 0 fully saturated rings. The van der Waals surface area contributed by atoms with E-state index in [2.05, 4.69) is 45.8 Å². The number of benzene rings is 1. The molecule has 0 saturated heterocycles. The number of carbonyl (C=O) groups is 1. The highest BCUT2D eigenvalue weighted by molar-refractivity contribution is 6.82. The number of carbonyl (C=O) groups excluding carboxylic acids is 1. The largest absolute Gasteiger partial charge is 0.468 e. The normalized spacial score (nSPS) is 14.5. The van der Waals surface area contributed by atoms with Crippen molar-refractivity contribution in [3.8, 4) is 0 Å². The van der Waals surface area contributed by atoms with Crippen molar-refractivity contribution >= 4 is 14.2 Å². The van der Waals surface area contributed by atoms with Gasteiger partial charge in [0.1, 0.15) is 0 Å². The van der Waals surface area contributed by atoms with Gasteiger partial charge in [-0.1, -0.05) is 71.9 Å². The SMILES string of the molecule is COC(=O)[C@H](c1ccn([Si](C(C)C)(C(C)C)C(C)C)c1)N(O)[C@H](CO)c1ccccc1. The highest BCUT2D eigenvalue weighted by atomic mass is 28.3. The first-order valence-corrected chi connectivity index (χ1v) is 13.2. The second kappa shape index (κ2) is 10.6. The summed E-state index contributed by atoms with van der Waals surface area (Å²) in [6.07, 6.45) is 4.04. The topological polar surface area (TPSA) is 74.9 Å². The maximum absolute atomic E-state index is 12.8. The summed E-state index contributed by atoms with van der Waals surface area (Å²) in [7, 11) is -0.681. The second-order valence-corrected chi connectivity index (χ2v) is 14.9. The summed E-state index contributed by atoms with van der Waals surface area (Å²) in [4.78, 5) is 12.8. The molecule has 0 radical (unpaired) electrons. The van der Waals surface area contributed by atoms with Crippen LogP contribution in [0, 0.1) is 0 Å². The third kappa shape index (κ3) is 4.79. The molecular formula is C24H38N2O4Si. The lowest BCUT2D eigenvalue weighted by molar-refractivity contribution is -0.194. The monoisotopic (exact) mass is 446 g/mol. The fourth-order valence-corrected chi connectivity index (χ4v) is 11.9. The number of methoxy groups -OCH3 is 1. The van der Waals surface area contributed by atoms with E-state index in [-0.39, 0.29) is 6.61 Å². The standard InChI is InChI=1S/C24H38N2O4Si/c1-17(2)31(18(3)4,19(5)6)25-14-13-21(15-25)23(24(28)30-7)26(29)22(16-27)20-11-9-8-10-12-20/h8-15,17-19,22-23,27,29H,16H2,1-7H3/t22-,23+/m1/s1. The van der Waals surface area contributed by atoms with Crippen LogP contribution in [0.4, 0.5) is 0 Å². The van der Waals surface area contributed by atoms with Gasteiger partial charge in [-0.15, -0.1) is 0 Å². The molecule has 2 N–H and O–H groups in total. The number of aromatic nitrogens is 1. The Hall–Kier alpha value is -1.93. The maximum atomic E-state index is 12.8. The lowest BCUT2D eigenvalue weighted by Gasteiger charge is -2.44. The zero-order valence-electron chi connectivity index (χ0n) is 19.8. The van der Waals surface area contributed by atoms with E-state index in [1.165, 1.54) is 7.11 Å². The molecule has 7 heteroatoms. The molecule has 2 aromatic rings. The Morgan fingerprint density at radius 2 is 1.55 bits per heavy atom. The summed E-state index contributed by atoms with van der Waals surface area (Å²) >= 11 is 0. The average Bonchev–Trinajstić information content (AvgIpc) is 3.18. The van der Waals surface area contributed by atoms with E-state index in [0.29, 0.717) is 22.2 Å². The minimum atomic E-state index is -1.99. The number of ether oxygens (including phenoxy) is 1. The molecule has 0 unspecified atom stereocenters. The van der Waals surface area contributed by atoms with Crippen LogP contribution < -0.4 is 0 Å². The van der Waals surface area contributed by atoms with Gasteiger partial charge < -0.3 is 19.3 Å². The minimum Gasteiger partial charge on any atom is -0.468 e. The molecule has 2 rings (SSSR count). The molecular weight excluding hydrogens is 408 g/mol. The summed E-state index contributed by atoms with van der Waals surface area (Å²) in [5.74, 6) is -0.569. The molecule has 172 valence electrons. The van der Waals surface area contributed by atoms with Crippen molar-refractivity contribution in [3.05, 3.63) is 59.9 Å². The van der Waals surface area contributed by atoms with Gasteiger partial charge in [-0.3, -0.25) is 0 Å². The van der Waals surface area contributed by atoms with Gasteiger partial charge >= 0.3 is 5.97 Å². The van der Waals surface area contributed by atoms with E-state index in [9.17, 15) is 15.1 Å². The lowest BCUT2D eigenvalue weighted by Crippen LogP contribution is -2.51. The van der Waals surface area contributed by atoms with Gasteiger partial charge in [0, 0.05) is 6.20 Å². The second-order valence-electron chi connectivity index (χ2n) is 9.12. The van der Waals surface area contributed by atoms with Gasteiger partial charge in [0.05, 0.1) is 19.8 Å². The van der Waals surface area contributed by atoms with Gasteiger partial charge in [0.25, 0.3) is 0 Å². The Labute approximate surface area is 187 Å². The zero-order valence-corrected chi connectivity index (χ0v) is 20.8. The molecule has 6 nitrogen and oxygen atoms in total. The summed E-state index contributed by atoms with van der Waals surface area (Å²) in [6.45, 7) is 13.3. The first-order valence-electron chi connectivity index (χ1n) is 11.0.